The Kier molecular flexibility index (Phi) is 5.90. The fourth-order valence-corrected chi connectivity index (χ4v) is 4.42. The lowest BCUT2D eigenvalue weighted by Gasteiger charge is -2.27. The van der Waals surface area contributed by atoms with Gasteiger partial charge in [-0.15, -0.1) is 0 Å². The van der Waals surface area contributed by atoms with E-state index in [0.29, 0.717) is 11.8 Å². The van der Waals surface area contributed by atoms with Gasteiger partial charge in [-0.2, -0.15) is 0 Å². The van der Waals surface area contributed by atoms with Gasteiger partial charge in [0.25, 0.3) is 0 Å². The van der Waals surface area contributed by atoms with Gasteiger partial charge in [-0.25, -0.2) is 4.99 Å². The van der Waals surface area contributed by atoms with E-state index in [1.54, 1.807) is 0 Å². The summed E-state index contributed by atoms with van der Waals surface area (Å²) in [5, 5.41) is 0. The van der Waals surface area contributed by atoms with Crippen molar-refractivity contribution in [2.75, 3.05) is 0 Å². The van der Waals surface area contributed by atoms with Crippen LogP contribution in [0.2, 0.25) is 0 Å². The van der Waals surface area contributed by atoms with Crippen molar-refractivity contribution >= 4 is 17.1 Å². The van der Waals surface area contributed by atoms with Crippen LogP contribution in [-0.2, 0) is 0 Å². The molecule has 4 rings (SSSR count). The Hall–Kier alpha value is -3.00. The van der Waals surface area contributed by atoms with Crippen molar-refractivity contribution < 1.29 is 0 Å². The molecule has 0 saturated heterocycles. The highest BCUT2D eigenvalue weighted by Gasteiger charge is 2.29. The van der Waals surface area contributed by atoms with Crippen molar-refractivity contribution in [3.8, 4) is 11.1 Å². The van der Waals surface area contributed by atoms with Crippen LogP contribution in [-0.4, -0.2) is 17.0 Å². The van der Waals surface area contributed by atoms with Gasteiger partial charge in [-0.1, -0.05) is 94.4 Å². The van der Waals surface area contributed by atoms with Crippen LogP contribution in [0.25, 0.3) is 11.1 Å². The second kappa shape index (κ2) is 8.50. The zero-order valence-electron chi connectivity index (χ0n) is 20.4. The molecule has 0 unspecified atom stereocenters. The summed E-state index contributed by atoms with van der Waals surface area (Å²) in [7, 11) is 0. The molecule has 0 bridgehead atoms. The Balaban J connectivity index is 2.10. The van der Waals surface area contributed by atoms with Crippen molar-refractivity contribution in [3.05, 3.63) is 89.0 Å². The third-order valence-corrected chi connectivity index (χ3v) is 5.89. The summed E-state index contributed by atoms with van der Waals surface area (Å²) < 4.78 is 0. The average Bonchev–Trinajstić information content (AvgIpc) is 2.75. The number of hydrogen-bond donors (Lipinski definition) is 0. The zero-order valence-corrected chi connectivity index (χ0v) is 20.4. The molecule has 1 aliphatic carbocycles. The van der Waals surface area contributed by atoms with E-state index in [1.807, 2.05) is 0 Å². The predicted molar refractivity (Wildman–Crippen MR) is 139 cm³/mol. The molecule has 0 heterocycles. The fourth-order valence-electron chi connectivity index (χ4n) is 4.42. The van der Waals surface area contributed by atoms with Crippen molar-refractivity contribution in [2.24, 2.45) is 9.98 Å². The minimum Gasteiger partial charge on any atom is -0.277 e. The molecule has 3 aromatic carbocycles. The summed E-state index contributed by atoms with van der Waals surface area (Å²) in [6.45, 7) is 15.5. The smallest absolute Gasteiger partial charge is 0.0974 e. The number of aliphatic imine (C=N–C) groups is 2. The lowest BCUT2D eigenvalue weighted by molar-refractivity contribution is 0.585. The van der Waals surface area contributed by atoms with Gasteiger partial charge in [0, 0.05) is 11.1 Å². The van der Waals surface area contributed by atoms with Gasteiger partial charge in [0.1, 0.15) is 0 Å². The number of rotatable bonds is 3. The number of hydrogen-bond acceptors (Lipinski definition) is 2. The third-order valence-electron chi connectivity index (χ3n) is 5.89. The highest BCUT2D eigenvalue weighted by Crippen LogP contribution is 2.39. The van der Waals surface area contributed by atoms with Crippen LogP contribution in [0, 0.1) is 0 Å². The molecule has 2 nitrogen and oxygen atoms in total. The summed E-state index contributed by atoms with van der Waals surface area (Å²) in [6.07, 6.45) is 0. The monoisotopic (exact) mass is 422 g/mol. The molecule has 0 spiro atoms. The first-order valence-corrected chi connectivity index (χ1v) is 11.7. The van der Waals surface area contributed by atoms with E-state index in [4.69, 9.17) is 9.98 Å². The normalized spacial score (nSPS) is 16.0. The average molecular weight is 423 g/mol. The van der Waals surface area contributed by atoms with Crippen molar-refractivity contribution in [2.45, 2.75) is 65.8 Å². The molecule has 164 valence electrons. The first kappa shape index (κ1) is 22.2. The number of benzene rings is 3. The molecule has 3 aromatic rings. The van der Waals surface area contributed by atoms with Crippen LogP contribution in [0.4, 0.5) is 5.69 Å². The summed E-state index contributed by atoms with van der Waals surface area (Å²) in [5.74, 6) is 0.782. The zero-order chi connectivity index (χ0) is 23.0. The molecule has 1 aliphatic rings. The summed E-state index contributed by atoms with van der Waals surface area (Å²) in [5.41, 5.74) is 10.2. The summed E-state index contributed by atoms with van der Waals surface area (Å²) in [6, 6.07) is 23.8. The van der Waals surface area contributed by atoms with Crippen molar-refractivity contribution in [1.82, 2.24) is 0 Å². The summed E-state index contributed by atoms with van der Waals surface area (Å²) >= 11 is 0. The van der Waals surface area contributed by atoms with E-state index in [1.165, 1.54) is 22.3 Å². The van der Waals surface area contributed by atoms with Gasteiger partial charge in [0.2, 0.25) is 0 Å². The van der Waals surface area contributed by atoms with Gasteiger partial charge in [0.15, 0.2) is 0 Å². The largest absolute Gasteiger partial charge is 0.277 e. The topological polar surface area (TPSA) is 24.7 Å². The van der Waals surface area contributed by atoms with Crippen LogP contribution < -0.4 is 0 Å². The van der Waals surface area contributed by atoms with Crippen LogP contribution in [0.1, 0.15) is 82.6 Å². The molecule has 0 saturated carbocycles. The maximum absolute atomic E-state index is 5.45. The Morgan fingerprint density at radius 3 is 1.44 bits per heavy atom. The minimum atomic E-state index is -0.214. The highest BCUT2D eigenvalue weighted by atomic mass is 14.9. The molecule has 0 radical (unpaired) electrons. The molecular weight excluding hydrogens is 388 g/mol. The molecule has 32 heavy (non-hydrogen) atoms. The first-order valence-electron chi connectivity index (χ1n) is 11.7. The summed E-state index contributed by atoms with van der Waals surface area (Å²) in [4.78, 5) is 10.7. The van der Waals surface area contributed by atoms with Gasteiger partial charge in [0.05, 0.1) is 22.6 Å². The van der Waals surface area contributed by atoms with E-state index < -0.39 is 0 Å². The van der Waals surface area contributed by atoms with Crippen LogP contribution in [0.15, 0.2) is 76.7 Å². The Morgan fingerprint density at radius 1 is 0.562 bits per heavy atom. The second-order valence-electron chi connectivity index (χ2n) is 10.3. The van der Waals surface area contributed by atoms with E-state index in [9.17, 15) is 0 Å². The van der Waals surface area contributed by atoms with Crippen molar-refractivity contribution in [3.63, 3.8) is 0 Å². The number of nitrogens with zero attached hydrogens (tertiary/aromatic N) is 2. The van der Waals surface area contributed by atoms with Crippen LogP contribution in [0.3, 0.4) is 0 Å². The number of para-hydroxylation sites is 1. The lowest BCUT2D eigenvalue weighted by Crippen LogP contribution is -2.27. The molecule has 0 amide bonds. The van der Waals surface area contributed by atoms with E-state index in [0.717, 1.165) is 28.2 Å². The Labute approximate surface area is 193 Å². The van der Waals surface area contributed by atoms with Crippen LogP contribution in [0.5, 0.6) is 0 Å². The molecule has 0 fully saturated rings. The minimum absolute atomic E-state index is 0.214. The third kappa shape index (κ3) is 4.19. The van der Waals surface area contributed by atoms with E-state index >= 15 is 0 Å². The lowest BCUT2D eigenvalue weighted by atomic mass is 9.82. The first-order chi connectivity index (χ1) is 15.2. The molecule has 2 heteroatoms. The highest BCUT2D eigenvalue weighted by molar-refractivity contribution is 6.57. The van der Waals surface area contributed by atoms with Gasteiger partial charge in [-0.3, -0.25) is 4.99 Å². The van der Waals surface area contributed by atoms with Crippen molar-refractivity contribution in [1.29, 1.82) is 0 Å². The maximum Gasteiger partial charge on any atom is 0.0974 e. The Bertz CT molecular complexity index is 1180. The van der Waals surface area contributed by atoms with E-state index in [-0.39, 0.29) is 5.54 Å². The predicted octanol–water partition coefficient (Wildman–Crippen LogP) is 8.32. The molecule has 0 N–H and O–H groups in total. The maximum atomic E-state index is 5.45. The molecular formula is C30H34N2. The van der Waals surface area contributed by atoms with E-state index in [2.05, 4.69) is 115 Å². The molecule has 0 atom stereocenters. The number of fused-ring (bicyclic) bond motifs is 3. The standard InChI is InChI=1S/C30H34N2/c1-19(2)21-17-12-18-22(20(3)4)27(21)31-28-25-15-10-8-13-23(25)24-14-9-11-16-26(24)29(28)32-30(5,6)7/h8-20H,1-7H3. The van der Waals surface area contributed by atoms with Gasteiger partial charge >= 0.3 is 0 Å². The molecule has 0 aromatic heterocycles. The van der Waals surface area contributed by atoms with Gasteiger partial charge in [-0.05, 0) is 54.9 Å². The SMILES string of the molecule is CC(C)c1cccc(C(C)C)c1N=C1C(=NC(C)(C)C)c2ccccc2-c2ccccc21. The Morgan fingerprint density at radius 2 is 1.00 bits per heavy atom. The van der Waals surface area contributed by atoms with Gasteiger partial charge < -0.3 is 0 Å². The van der Waals surface area contributed by atoms with Crippen LogP contribution >= 0.6 is 0 Å². The molecule has 0 aliphatic heterocycles. The second-order valence-corrected chi connectivity index (χ2v) is 10.3. The quantitative estimate of drug-likeness (QED) is 0.405. The fraction of sp³-hybridized carbons (Fsp3) is 0.333.